The molecule has 0 radical (unpaired) electrons. The van der Waals surface area contributed by atoms with Crippen LogP contribution in [0.2, 0.25) is 0 Å². The van der Waals surface area contributed by atoms with Crippen molar-refractivity contribution in [1.82, 2.24) is 4.90 Å². The lowest BCUT2D eigenvalue weighted by atomic mass is 10.3. The number of carboxylic acids is 1. The zero-order chi connectivity index (χ0) is 15.6. The van der Waals surface area contributed by atoms with Crippen molar-refractivity contribution in [2.45, 2.75) is 19.9 Å². The van der Waals surface area contributed by atoms with Gasteiger partial charge >= 0.3 is 22.1 Å². The summed E-state index contributed by atoms with van der Waals surface area (Å²) < 4.78 is 24.8. The van der Waals surface area contributed by atoms with E-state index in [1.807, 2.05) is 0 Å². The Morgan fingerprint density at radius 2 is 1.89 bits per heavy atom. The zero-order valence-corrected chi connectivity index (χ0v) is 12.1. The van der Waals surface area contributed by atoms with E-state index in [1.54, 1.807) is 25.9 Å². The van der Waals surface area contributed by atoms with Crippen LogP contribution in [0.5, 0.6) is 0 Å². The van der Waals surface area contributed by atoms with Crippen molar-refractivity contribution in [3.8, 4) is 0 Å². The molecule has 1 unspecified atom stereocenters. The molecule has 0 aliphatic rings. The average molecular weight is 297 g/mol. The minimum absolute atomic E-state index is 0.253. The maximum Gasteiger partial charge on any atom is 0.366 e. The molecule has 0 bridgehead atoms. The lowest BCUT2D eigenvalue weighted by Gasteiger charge is -2.13. The minimum Gasteiger partial charge on any atom is -0.480 e. The third-order valence-electron chi connectivity index (χ3n) is 1.87. The first-order chi connectivity index (χ1) is 8.57. The van der Waals surface area contributed by atoms with E-state index in [1.165, 1.54) is 6.92 Å². The fraction of sp³-hybridized carbons (Fsp3) is 0.600. The van der Waals surface area contributed by atoms with E-state index < -0.39 is 22.1 Å². The SMILES string of the molecule is C=CC(=O)OOS(=O)(=O)CC.CC(C(=O)O)N(C)C. The van der Waals surface area contributed by atoms with Gasteiger partial charge in [0.1, 0.15) is 6.04 Å². The summed E-state index contributed by atoms with van der Waals surface area (Å²) in [5.74, 6) is -1.98. The highest BCUT2D eigenvalue weighted by Gasteiger charge is 2.11. The van der Waals surface area contributed by atoms with Gasteiger partial charge in [-0.05, 0) is 27.9 Å². The lowest BCUT2D eigenvalue weighted by molar-refractivity contribution is -0.204. The molecule has 0 aromatic heterocycles. The third kappa shape index (κ3) is 11.4. The molecule has 8 nitrogen and oxygen atoms in total. The van der Waals surface area contributed by atoms with Crippen molar-refractivity contribution in [3.63, 3.8) is 0 Å². The highest BCUT2D eigenvalue weighted by Crippen LogP contribution is 1.93. The largest absolute Gasteiger partial charge is 0.480 e. The molecule has 0 aromatic carbocycles. The van der Waals surface area contributed by atoms with Crippen LogP contribution in [0.3, 0.4) is 0 Å². The summed E-state index contributed by atoms with van der Waals surface area (Å²) in [6.07, 6.45) is 0.797. The van der Waals surface area contributed by atoms with Gasteiger partial charge in [-0.3, -0.25) is 14.6 Å². The van der Waals surface area contributed by atoms with E-state index in [-0.39, 0.29) is 11.8 Å². The number of carboxylic acid groups (broad SMARTS) is 1. The van der Waals surface area contributed by atoms with Crippen LogP contribution in [0.1, 0.15) is 13.8 Å². The first-order valence-electron chi connectivity index (χ1n) is 5.21. The van der Waals surface area contributed by atoms with Crippen LogP contribution in [-0.4, -0.2) is 56.3 Å². The van der Waals surface area contributed by atoms with Gasteiger partial charge in [-0.15, -0.1) is 0 Å². The molecule has 1 atom stereocenters. The Morgan fingerprint density at radius 3 is 2.11 bits per heavy atom. The second-order valence-corrected chi connectivity index (χ2v) is 5.33. The molecule has 19 heavy (non-hydrogen) atoms. The summed E-state index contributed by atoms with van der Waals surface area (Å²) in [6, 6.07) is -0.380. The van der Waals surface area contributed by atoms with Crippen LogP contribution in [0.4, 0.5) is 0 Å². The van der Waals surface area contributed by atoms with Crippen molar-refractivity contribution < 1.29 is 32.3 Å². The molecule has 1 N–H and O–H groups in total. The summed E-state index contributed by atoms with van der Waals surface area (Å²) in [7, 11) is -0.246. The average Bonchev–Trinajstić information content (AvgIpc) is 2.35. The molecular weight excluding hydrogens is 278 g/mol. The van der Waals surface area contributed by atoms with Crippen LogP contribution in [0.15, 0.2) is 12.7 Å². The van der Waals surface area contributed by atoms with Crippen LogP contribution in [0, 0.1) is 0 Å². The third-order valence-corrected chi connectivity index (χ3v) is 2.85. The molecule has 0 heterocycles. The van der Waals surface area contributed by atoms with E-state index in [0.717, 1.165) is 6.08 Å². The summed E-state index contributed by atoms with van der Waals surface area (Å²) in [6.45, 7) is 6.04. The topological polar surface area (TPSA) is 110 Å². The highest BCUT2D eigenvalue weighted by atomic mass is 32.2. The first-order valence-corrected chi connectivity index (χ1v) is 6.79. The number of aliphatic carboxylic acids is 1. The molecule has 0 fully saturated rings. The van der Waals surface area contributed by atoms with Gasteiger partial charge in [-0.1, -0.05) is 10.9 Å². The number of rotatable bonds is 6. The number of hydrogen-bond donors (Lipinski definition) is 1. The summed E-state index contributed by atoms with van der Waals surface area (Å²) in [5.41, 5.74) is 0. The molecule has 112 valence electrons. The van der Waals surface area contributed by atoms with Crippen molar-refractivity contribution in [3.05, 3.63) is 12.7 Å². The van der Waals surface area contributed by atoms with Crippen LogP contribution >= 0.6 is 0 Å². The fourth-order valence-electron chi connectivity index (χ4n) is 0.388. The normalized spacial score (nSPS) is 12.1. The van der Waals surface area contributed by atoms with Gasteiger partial charge in [0.25, 0.3) is 0 Å². The molecule has 0 saturated heterocycles. The van der Waals surface area contributed by atoms with Gasteiger partial charge in [0, 0.05) is 6.08 Å². The molecule has 0 spiro atoms. The number of hydrogen-bond acceptors (Lipinski definition) is 7. The Labute approximate surface area is 112 Å². The van der Waals surface area contributed by atoms with Crippen molar-refractivity contribution >= 4 is 22.1 Å². The number of likely N-dealkylation sites (N-methyl/N-ethyl adjacent to an activating group) is 1. The van der Waals surface area contributed by atoms with Crippen molar-refractivity contribution in [2.24, 2.45) is 0 Å². The Kier molecular flexibility index (Phi) is 9.92. The molecule has 0 rings (SSSR count). The highest BCUT2D eigenvalue weighted by molar-refractivity contribution is 7.86. The van der Waals surface area contributed by atoms with Gasteiger partial charge < -0.3 is 5.11 Å². The molecule has 9 heteroatoms. The predicted octanol–water partition coefficient (Wildman–Crippen LogP) is 0.0180. The summed E-state index contributed by atoms with van der Waals surface area (Å²) >= 11 is 0. The van der Waals surface area contributed by atoms with Crippen LogP contribution in [-0.2, 0) is 28.9 Å². The van der Waals surface area contributed by atoms with Crippen LogP contribution in [0.25, 0.3) is 0 Å². The minimum atomic E-state index is -3.72. The number of nitrogens with zero attached hydrogens (tertiary/aromatic N) is 1. The van der Waals surface area contributed by atoms with E-state index in [2.05, 4.69) is 15.8 Å². The Morgan fingerprint density at radius 1 is 1.42 bits per heavy atom. The van der Waals surface area contributed by atoms with Crippen LogP contribution < -0.4 is 0 Å². The predicted molar refractivity (Wildman–Crippen MR) is 67.6 cm³/mol. The first kappa shape index (κ1) is 19.9. The monoisotopic (exact) mass is 297 g/mol. The van der Waals surface area contributed by atoms with E-state index >= 15 is 0 Å². The molecule has 0 saturated carbocycles. The zero-order valence-electron chi connectivity index (χ0n) is 11.3. The van der Waals surface area contributed by atoms with E-state index in [9.17, 15) is 18.0 Å². The van der Waals surface area contributed by atoms with Crippen molar-refractivity contribution in [1.29, 1.82) is 0 Å². The molecule has 0 aromatic rings. The molecule has 0 aliphatic heterocycles. The molecule has 0 aliphatic carbocycles. The van der Waals surface area contributed by atoms with Gasteiger partial charge in [0.05, 0.1) is 5.75 Å². The van der Waals surface area contributed by atoms with Gasteiger partial charge in [0.2, 0.25) is 0 Å². The molecular formula is C10H19NO7S. The standard InChI is InChI=1S/C5H11NO2.C5H8O5S/c1-4(5(7)8)6(2)3;1-3-5(6)9-10-11(7,8)4-2/h4H,1-3H3,(H,7,8);3H,1,4H2,2H3. The Bertz CT molecular complexity index is 402. The van der Waals surface area contributed by atoms with E-state index in [0.29, 0.717) is 0 Å². The van der Waals surface area contributed by atoms with Gasteiger partial charge in [-0.2, -0.15) is 8.42 Å². The van der Waals surface area contributed by atoms with Gasteiger partial charge in [0.15, 0.2) is 0 Å². The lowest BCUT2D eigenvalue weighted by Crippen LogP contribution is -2.32. The maximum atomic E-state index is 10.5. The second-order valence-electron chi connectivity index (χ2n) is 3.50. The quantitative estimate of drug-likeness (QED) is 0.415. The van der Waals surface area contributed by atoms with Gasteiger partial charge in [-0.25, -0.2) is 4.79 Å². The smallest absolute Gasteiger partial charge is 0.366 e. The molecule has 0 amide bonds. The number of carbonyl (C=O) groups is 2. The Balaban J connectivity index is 0. The Hall–Kier alpha value is -1.45. The second kappa shape index (κ2) is 9.48. The van der Waals surface area contributed by atoms with E-state index in [4.69, 9.17) is 5.11 Å². The maximum absolute atomic E-state index is 10.5. The van der Waals surface area contributed by atoms with Crippen molar-refractivity contribution in [2.75, 3.05) is 19.8 Å². The fourth-order valence-corrected chi connectivity index (χ4v) is 0.655. The summed E-state index contributed by atoms with van der Waals surface area (Å²) in [4.78, 5) is 25.8. The summed E-state index contributed by atoms with van der Waals surface area (Å²) in [5, 5.41) is 8.31. The number of carbonyl (C=O) groups excluding carboxylic acids is 1.